The summed E-state index contributed by atoms with van der Waals surface area (Å²) in [6, 6.07) is 0. The average Bonchev–Trinajstić information content (AvgIpc) is 2.57. The first kappa shape index (κ1) is 23.1. The first-order chi connectivity index (χ1) is 12.7. The number of carbonyl (C=O) groups excluding carboxylic acids is 2. The maximum atomic E-state index is 12.2. The Hall–Kier alpha value is -1.98. The van der Waals surface area contributed by atoms with Gasteiger partial charge in [0.15, 0.2) is 5.78 Å². The number of aliphatic hydroxyl groups is 2. The van der Waals surface area contributed by atoms with Gasteiger partial charge >= 0.3 is 5.97 Å². The number of rotatable bonds is 8. The topological polar surface area (TPSA) is 83.8 Å². The Bertz CT molecular complexity index is 639. The number of ketones is 1. The summed E-state index contributed by atoms with van der Waals surface area (Å²) >= 11 is 0. The van der Waals surface area contributed by atoms with Crippen molar-refractivity contribution in [3.63, 3.8) is 0 Å². The third-order valence-electron chi connectivity index (χ3n) is 4.46. The SMILES string of the molecule is CC(=O)OC1C=C(CO)C(=O)C(O)C1C(C)=CC=CC(C)C=CCC(C)C. The Kier molecular flexibility index (Phi) is 9.39. The van der Waals surface area contributed by atoms with E-state index < -0.39 is 36.5 Å². The molecule has 0 fully saturated rings. The number of allylic oxidation sites excluding steroid dienone is 5. The van der Waals surface area contributed by atoms with Crippen LogP contribution in [0.4, 0.5) is 0 Å². The molecule has 2 N–H and O–H groups in total. The van der Waals surface area contributed by atoms with Gasteiger partial charge in [-0.25, -0.2) is 0 Å². The normalized spacial score (nSPS) is 25.3. The second kappa shape index (κ2) is 11.0. The molecule has 0 spiro atoms. The van der Waals surface area contributed by atoms with Crippen molar-refractivity contribution in [2.75, 3.05) is 6.61 Å². The first-order valence-corrected chi connectivity index (χ1v) is 9.40. The Labute approximate surface area is 162 Å². The monoisotopic (exact) mass is 376 g/mol. The van der Waals surface area contributed by atoms with Crippen LogP contribution in [0.25, 0.3) is 0 Å². The van der Waals surface area contributed by atoms with Gasteiger partial charge in [-0.15, -0.1) is 0 Å². The van der Waals surface area contributed by atoms with Gasteiger partial charge in [-0.05, 0) is 31.3 Å². The molecule has 0 aromatic rings. The van der Waals surface area contributed by atoms with E-state index in [2.05, 4.69) is 32.9 Å². The van der Waals surface area contributed by atoms with E-state index in [0.717, 1.165) is 12.0 Å². The summed E-state index contributed by atoms with van der Waals surface area (Å²) in [7, 11) is 0. The van der Waals surface area contributed by atoms with Crippen LogP contribution in [0, 0.1) is 17.8 Å². The van der Waals surface area contributed by atoms with E-state index >= 15 is 0 Å². The van der Waals surface area contributed by atoms with Crippen molar-refractivity contribution in [2.45, 2.75) is 53.2 Å². The minimum Gasteiger partial charge on any atom is -0.458 e. The molecule has 0 aromatic carbocycles. The summed E-state index contributed by atoms with van der Waals surface area (Å²) < 4.78 is 5.26. The Morgan fingerprint density at radius 1 is 1.26 bits per heavy atom. The summed E-state index contributed by atoms with van der Waals surface area (Å²) in [6.45, 7) is 8.99. The van der Waals surface area contributed by atoms with E-state index in [1.165, 1.54) is 13.0 Å². The largest absolute Gasteiger partial charge is 0.458 e. The minimum atomic E-state index is -1.35. The lowest BCUT2D eigenvalue weighted by molar-refractivity contribution is -0.150. The van der Waals surface area contributed by atoms with Crippen LogP contribution >= 0.6 is 0 Å². The Morgan fingerprint density at radius 3 is 2.48 bits per heavy atom. The van der Waals surface area contributed by atoms with Crippen molar-refractivity contribution in [1.29, 1.82) is 0 Å². The predicted octanol–water partition coefficient (Wildman–Crippen LogP) is 3.14. The molecule has 1 aliphatic rings. The van der Waals surface area contributed by atoms with Gasteiger partial charge in [-0.2, -0.15) is 0 Å². The molecule has 0 aromatic heterocycles. The maximum absolute atomic E-state index is 12.2. The molecule has 0 amide bonds. The molecule has 1 aliphatic carbocycles. The molecular formula is C22H32O5. The van der Waals surface area contributed by atoms with Crippen LogP contribution in [0.5, 0.6) is 0 Å². The third-order valence-corrected chi connectivity index (χ3v) is 4.46. The van der Waals surface area contributed by atoms with Gasteiger partial charge in [0.1, 0.15) is 12.2 Å². The average molecular weight is 376 g/mol. The predicted molar refractivity (Wildman–Crippen MR) is 106 cm³/mol. The standard InChI is InChI=1S/C22H32O5/c1-14(2)8-6-9-15(3)10-7-11-16(4)20-19(27-17(5)24)12-18(13-23)21(25)22(20)26/h6-7,9-12,14-15,19-20,22-23,26H,8,13H2,1-5H3. The molecule has 1 rings (SSSR count). The van der Waals surface area contributed by atoms with Crippen molar-refractivity contribution < 1.29 is 24.5 Å². The summed E-state index contributed by atoms with van der Waals surface area (Å²) in [6.07, 6.45) is 10.4. The molecule has 27 heavy (non-hydrogen) atoms. The highest BCUT2D eigenvalue weighted by Gasteiger charge is 2.40. The fourth-order valence-electron chi connectivity index (χ4n) is 2.98. The molecule has 0 aliphatic heterocycles. The van der Waals surface area contributed by atoms with E-state index in [1.807, 2.05) is 18.2 Å². The number of aliphatic hydroxyl groups excluding tert-OH is 2. The molecule has 5 nitrogen and oxygen atoms in total. The molecule has 4 atom stereocenters. The summed E-state index contributed by atoms with van der Waals surface area (Å²) in [5.74, 6) is -0.830. The van der Waals surface area contributed by atoms with Gasteiger partial charge in [0, 0.05) is 12.5 Å². The van der Waals surface area contributed by atoms with Crippen molar-refractivity contribution in [1.82, 2.24) is 0 Å². The molecule has 0 heterocycles. The van der Waals surface area contributed by atoms with Gasteiger partial charge in [-0.1, -0.05) is 56.7 Å². The number of hydrogen-bond donors (Lipinski definition) is 2. The van der Waals surface area contributed by atoms with Crippen LogP contribution in [0.2, 0.25) is 0 Å². The molecular weight excluding hydrogens is 344 g/mol. The third kappa shape index (κ3) is 7.27. The van der Waals surface area contributed by atoms with Gasteiger partial charge in [-0.3, -0.25) is 9.59 Å². The van der Waals surface area contributed by atoms with E-state index in [0.29, 0.717) is 5.92 Å². The van der Waals surface area contributed by atoms with Gasteiger partial charge in [0.05, 0.1) is 12.5 Å². The zero-order chi connectivity index (χ0) is 20.6. The lowest BCUT2D eigenvalue weighted by Gasteiger charge is -2.33. The molecule has 0 saturated heterocycles. The number of Topliss-reactive ketones (excluding diaryl/α,β-unsaturated/α-hetero) is 1. The number of ether oxygens (including phenoxy) is 1. The molecule has 4 unspecified atom stereocenters. The van der Waals surface area contributed by atoms with Crippen molar-refractivity contribution in [2.24, 2.45) is 17.8 Å². The zero-order valence-corrected chi connectivity index (χ0v) is 16.9. The van der Waals surface area contributed by atoms with Gasteiger partial charge < -0.3 is 14.9 Å². The van der Waals surface area contributed by atoms with Gasteiger partial charge in [0.2, 0.25) is 0 Å². The number of esters is 1. The summed E-state index contributed by atoms with van der Waals surface area (Å²) in [4.78, 5) is 23.6. The number of carbonyl (C=O) groups is 2. The number of hydrogen-bond acceptors (Lipinski definition) is 5. The van der Waals surface area contributed by atoms with E-state index in [-0.39, 0.29) is 11.5 Å². The molecule has 0 radical (unpaired) electrons. The van der Waals surface area contributed by atoms with Crippen LogP contribution in [0.1, 0.15) is 41.0 Å². The highest BCUT2D eigenvalue weighted by Crippen LogP contribution is 2.30. The van der Waals surface area contributed by atoms with Crippen molar-refractivity contribution in [3.8, 4) is 0 Å². The summed E-state index contributed by atoms with van der Waals surface area (Å²) in [5, 5.41) is 19.7. The van der Waals surface area contributed by atoms with Crippen molar-refractivity contribution >= 4 is 11.8 Å². The lowest BCUT2D eigenvalue weighted by atomic mass is 9.79. The van der Waals surface area contributed by atoms with Crippen molar-refractivity contribution in [3.05, 3.63) is 47.6 Å². The quantitative estimate of drug-likeness (QED) is 0.386. The van der Waals surface area contributed by atoms with Crippen LogP contribution < -0.4 is 0 Å². The second-order valence-electron chi connectivity index (χ2n) is 7.47. The van der Waals surface area contributed by atoms with Crippen LogP contribution in [0.3, 0.4) is 0 Å². The summed E-state index contributed by atoms with van der Waals surface area (Å²) in [5.41, 5.74) is 0.794. The minimum absolute atomic E-state index is 0.0669. The first-order valence-electron chi connectivity index (χ1n) is 9.40. The zero-order valence-electron chi connectivity index (χ0n) is 16.9. The van der Waals surface area contributed by atoms with E-state index in [1.54, 1.807) is 6.92 Å². The van der Waals surface area contributed by atoms with Crippen LogP contribution in [-0.2, 0) is 14.3 Å². The molecule has 0 saturated carbocycles. The smallest absolute Gasteiger partial charge is 0.303 e. The van der Waals surface area contributed by atoms with Crippen LogP contribution in [0.15, 0.2) is 47.6 Å². The highest BCUT2D eigenvalue weighted by atomic mass is 16.5. The van der Waals surface area contributed by atoms with E-state index in [4.69, 9.17) is 4.74 Å². The highest BCUT2D eigenvalue weighted by molar-refractivity contribution is 6.00. The molecule has 5 heteroatoms. The van der Waals surface area contributed by atoms with Crippen LogP contribution in [-0.4, -0.2) is 40.8 Å². The van der Waals surface area contributed by atoms with Gasteiger partial charge in [0.25, 0.3) is 0 Å². The molecule has 0 bridgehead atoms. The lowest BCUT2D eigenvalue weighted by Crippen LogP contribution is -2.44. The van der Waals surface area contributed by atoms with E-state index in [9.17, 15) is 19.8 Å². The second-order valence-corrected chi connectivity index (χ2v) is 7.47. The fraction of sp³-hybridized carbons (Fsp3) is 0.545. The Morgan fingerprint density at radius 2 is 1.93 bits per heavy atom. The molecule has 150 valence electrons. The Balaban J connectivity index is 2.95. The maximum Gasteiger partial charge on any atom is 0.303 e. The fourth-order valence-corrected chi connectivity index (χ4v) is 2.98.